The van der Waals surface area contributed by atoms with Gasteiger partial charge in [0.1, 0.15) is 5.82 Å². The molecule has 92 valence electrons. The predicted molar refractivity (Wildman–Crippen MR) is 68.7 cm³/mol. The highest BCUT2D eigenvalue weighted by molar-refractivity contribution is 5.52. The van der Waals surface area contributed by atoms with Crippen LogP contribution in [-0.2, 0) is 0 Å². The minimum Gasteiger partial charge on any atom is -0.369 e. The topological polar surface area (TPSA) is 3.24 Å². The first-order valence-corrected chi connectivity index (χ1v) is 6.59. The van der Waals surface area contributed by atoms with Crippen LogP contribution >= 0.6 is 0 Å². The van der Waals surface area contributed by atoms with Crippen LogP contribution in [0.4, 0.5) is 10.1 Å². The second-order valence-electron chi connectivity index (χ2n) is 5.96. The quantitative estimate of drug-likeness (QED) is 0.756. The van der Waals surface area contributed by atoms with E-state index in [0.717, 1.165) is 48.0 Å². The van der Waals surface area contributed by atoms with Crippen molar-refractivity contribution in [1.82, 2.24) is 0 Å². The van der Waals surface area contributed by atoms with Gasteiger partial charge in [0.05, 0.1) is 5.69 Å². The first-order chi connectivity index (χ1) is 8.09. The van der Waals surface area contributed by atoms with Crippen LogP contribution in [0.2, 0.25) is 0 Å². The Kier molecular flexibility index (Phi) is 2.42. The highest BCUT2D eigenvalue weighted by atomic mass is 19.1. The molecule has 2 fully saturated rings. The van der Waals surface area contributed by atoms with Crippen molar-refractivity contribution in [3.05, 3.63) is 29.6 Å². The molecule has 1 aliphatic carbocycles. The minimum absolute atomic E-state index is 0.0325. The summed E-state index contributed by atoms with van der Waals surface area (Å²) in [6.45, 7) is 8.55. The molecule has 1 heterocycles. The zero-order valence-corrected chi connectivity index (χ0v) is 10.8. The van der Waals surface area contributed by atoms with E-state index in [-0.39, 0.29) is 5.82 Å². The lowest BCUT2D eigenvalue weighted by Gasteiger charge is -2.24. The van der Waals surface area contributed by atoms with Crippen LogP contribution in [0, 0.1) is 36.4 Å². The summed E-state index contributed by atoms with van der Waals surface area (Å²) in [5, 5.41) is 0. The van der Waals surface area contributed by atoms with E-state index in [0.29, 0.717) is 0 Å². The largest absolute Gasteiger partial charge is 0.369 e. The number of fused-ring (bicyclic) bond motifs is 1. The summed E-state index contributed by atoms with van der Waals surface area (Å²) in [6.07, 6.45) is 0. The third kappa shape index (κ3) is 1.65. The molecule has 0 bridgehead atoms. The third-order valence-corrected chi connectivity index (χ3v) is 4.54. The van der Waals surface area contributed by atoms with Crippen molar-refractivity contribution in [3.63, 3.8) is 0 Å². The van der Waals surface area contributed by atoms with E-state index in [1.165, 1.54) is 0 Å². The molecular weight excluding hydrogens is 213 g/mol. The summed E-state index contributed by atoms with van der Waals surface area (Å²) in [5.74, 6) is 3.27. The van der Waals surface area contributed by atoms with Crippen molar-refractivity contribution in [2.45, 2.75) is 20.8 Å². The zero-order valence-electron chi connectivity index (χ0n) is 10.8. The third-order valence-electron chi connectivity index (χ3n) is 4.54. The number of aryl methyl sites for hydroxylation is 1. The van der Waals surface area contributed by atoms with Gasteiger partial charge in [-0.3, -0.25) is 0 Å². The smallest absolute Gasteiger partial charge is 0.149 e. The van der Waals surface area contributed by atoms with Gasteiger partial charge in [0, 0.05) is 13.1 Å². The van der Waals surface area contributed by atoms with E-state index in [4.69, 9.17) is 0 Å². The number of halogens is 1. The number of piperidine rings is 1. The van der Waals surface area contributed by atoms with E-state index in [9.17, 15) is 4.39 Å². The molecule has 0 spiro atoms. The highest BCUT2D eigenvalue weighted by Crippen LogP contribution is 2.56. The van der Waals surface area contributed by atoms with Gasteiger partial charge in [-0.25, -0.2) is 4.39 Å². The Morgan fingerprint density at radius 1 is 1.24 bits per heavy atom. The van der Waals surface area contributed by atoms with Gasteiger partial charge in [-0.1, -0.05) is 26.0 Å². The molecule has 2 heteroatoms. The number of anilines is 1. The molecule has 2 aliphatic rings. The van der Waals surface area contributed by atoms with Crippen LogP contribution in [0.1, 0.15) is 19.4 Å². The molecule has 1 saturated heterocycles. The first kappa shape index (κ1) is 11.1. The minimum atomic E-state index is -0.0325. The average Bonchev–Trinajstić information content (AvgIpc) is 2.80. The second kappa shape index (κ2) is 3.72. The average molecular weight is 233 g/mol. The second-order valence-corrected chi connectivity index (χ2v) is 5.96. The number of rotatable bonds is 2. The van der Waals surface area contributed by atoms with Gasteiger partial charge in [0.15, 0.2) is 0 Å². The molecule has 0 amide bonds. The van der Waals surface area contributed by atoms with Gasteiger partial charge < -0.3 is 4.90 Å². The van der Waals surface area contributed by atoms with Gasteiger partial charge in [-0.15, -0.1) is 0 Å². The van der Waals surface area contributed by atoms with Gasteiger partial charge in [0.25, 0.3) is 0 Å². The van der Waals surface area contributed by atoms with Crippen molar-refractivity contribution in [2.75, 3.05) is 18.0 Å². The lowest BCUT2D eigenvalue weighted by atomic mass is 10.0. The van der Waals surface area contributed by atoms with Crippen LogP contribution in [0.5, 0.6) is 0 Å². The van der Waals surface area contributed by atoms with Gasteiger partial charge in [0.2, 0.25) is 0 Å². The van der Waals surface area contributed by atoms with E-state index in [1.807, 2.05) is 25.1 Å². The number of hydrogen-bond donors (Lipinski definition) is 0. The van der Waals surface area contributed by atoms with Gasteiger partial charge >= 0.3 is 0 Å². The molecule has 3 rings (SSSR count). The monoisotopic (exact) mass is 233 g/mol. The molecule has 0 radical (unpaired) electrons. The van der Waals surface area contributed by atoms with E-state index in [1.54, 1.807) is 0 Å². The Hall–Kier alpha value is -1.05. The van der Waals surface area contributed by atoms with Crippen LogP contribution in [-0.4, -0.2) is 13.1 Å². The van der Waals surface area contributed by atoms with Crippen molar-refractivity contribution in [2.24, 2.45) is 23.7 Å². The standard InChI is InChI=1S/C15H20FN/c1-9(2)14-11-7-17(8-12(11)14)13-6-4-5-10(3)15(13)16/h4-6,9,11-12,14H,7-8H2,1-3H3. The maximum atomic E-state index is 14.0. The first-order valence-electron chi connectivity index (χ1n) is 6.59. The molecule has 1 aromatic rings. The fraction of sp³-hybridized carbons (Fsp3) is 0.600. The molecular formula is C15H20FN. The zero-order chi connectivity index (χ0) is 12.2. The van der Waals surface area contributed by atoms with Crippen LogP contribution in [0.25, 0.3) is 0 Å². The predicted octanol–water partition coefficient (Wildman–Crippen LogP) is 3.47. The summed E-state index contributed by atoms with van der Waals surface area (Å²) < 4.78 is 14.0. The number of benzene rings is 1. The maximum absolute atomic E-state index is 14.0. The van der Waals surface area contributed by atoms with E-state index in [2.05, 4.69) is 18.7 Å². The van der Waals surface area contributed by atoms with Crippen molar-refractivity contribution in [1.29, 1.82) is 0 Å². The lowest BCUT2D eigenvalue weighted by Crippen LogP contribution is -2.26. The normalized spacial score (nSPS) is 30.9. The van der Waals surface area contributed by atoms with Crippen LogP contribution < -0.4 is 4.90 Å². The van der Waals surface area contributed by atoms with Crippen molar-refractivity contribution < 1.29 is 4.39 Å². The molecule has 0 N–H and O–H groups in total. The van der Waals surface area contributed by atoms with E-state index >= 15 is 0 Å². The molecule has 2 unspecified atom stereocenters. The van der Waals surface area contributed by atoms with Crippen molar-refractivity contribution >= 4 is 5.69 Å². The summed E-state index contributed by atoms with van der Waals surface area (Å²) in [6, 6.07) is 5.71. The maximum Gasteiger partial charge on any atom is 0.149 e. The SMILES string of the molecule is Cc1cccc(N2CC3C(C2)C3C(C)C)c1F. The number of hydrogen-bond acceptors (Lipinski definition) is 1. The molecule has 1 saturated carbocycles. The highest BCUT2D eigenvalue weighted by Gasteiger charge is 2.56. The van der Waals surface area contributed by atoms with Crippen molar-refractivity contribution in [3.8, 4) is 0 Å². The van der Waals surface area contributed by atoms with E-state index < -0.39 is 0 Å². The Morgan fingerprint density at radius 3 is 2.47 bits per heavy atom. The van der Waals surface area contributed by atoms with Gasteiger partial charge in [-0.2, -0.15) is 0 Å². The summed E-state index contributed by atoms with van der Waals surface area (Å²) in [7, 11) is 0. The Balaban J connectivity index is 1.76. The summed E-state index contributed by atoms with van der Waals surface area (Å²) in [4.78, 5) is 2.23. The Bertz CT molecular complexity index is 429. The molecule has 1 aliphatic heterocycles. The summed E-state index contributed by atoms with van der Waals surface area (Å²) >= 11 is 0. The number of nitrogens with zero attached hydrogens (tertiary/aromatic N) is 1. The van der Waals surface area contributed by atoms with Crippen LogP contribution in [0.15, 0.2) is 18.2 Å². The Morgan fingerprint density at radius 2 is 1.88 bits per heavy atom. The summed E-state index contributed by atoms with van der Waals surface area (Å²) in [5.41, 5.74) is 1.56. The molecule has 1 nitrogen and oxygen atoms in total. The lowest BCUT2D eigenvalue weighted by molar-refractivity contribution is 0.477. The van der Waals surface area contributed by atoms with Gasteiger partial charge in [-0.05, 0) is 42.2 Å². The fourth-order valence-electron chi connectivity index (χ4n) is 3.63. The molecule has 0 aromatic heterocycles. The fourth-order valence-corrected chi connectivity index (χ4v) is 3.63. The molecule has 2 atom stereocenters. The molecule has 17 heavy (non-hydrogen) atoms. The Labute approximate surface area is 103 Å². The van der Waals surface area contributed by atoms with Crippen LogP contribution in [0.3, 0.4) is 0 Å². The molecule has 1 aromatic carbocycles.